The summed E-state index contributed by atoms with van der Waals surface area (Å²) in [6, 6.07) is 0. The quantitative estimate of drug-likeness (QED) is 0.604. The van der Waals surface area contributed by atoms with Gasteiger partial charge in [0.25, 0.3) is 0 Å². The summed E-state index contributed by atoms with van der Waals surface area (Å²) >= 11 is 0. The van der Waals surface area contributed by atoms with Crippen molar-refractivity contribution >= 4 is 5.97 Å². The highest BCUT2D eigenvalue weighted by Gasteiger charge is 2.69. The normalized spacial score (nSPS) is 36.8. The van der Waals surface area contributed by atoms with Crippen molar-refractivity contribution in [3.8, 4) is 0 Å². The SMILES string of the molecule is C=C(C)CC[C@]12OC(=O)[C@H](CCO)[C@H]1CC2(C)C. The van der Waals surface area contributed by atoms with Gasteiger partial charge in [0.1, 0.15) is 5.60 Å². The molecule has 0 bridgehead atoms. The van der Waals surface area contributed by atoms with Crippen LogP contribution in [-0.2, 0) is 9.53 Å². The maximum atomic E-state index is 12.0. The number of fused-ring (bicyclic) bond motifs is 1. The Hall–Kier alpha value is -0.830. The van der Waals surface area contributed by atoms with Crippen LogP contribution in [0.4, 0.5) is 0 Å². The number of carbonyl (C=O) groups excluding carboxylic acids is 1. The van der Waals surface area contributed by atoms with Gasteiger partial charge in [-0.2, -0.15) is 0 Å². The van der Waals surface area contributed by atoms with E-state index in [1.54, 1.807) is 0 Å². The van der Waals surface area contributed by atoms with Gasteiger partial charge in [-0.05, 0) is 32.6 Å². The van der Waals surface area contributed by atoms with Crippen LogP contribution in [0.1, 0.15) is 46.5 Å². The van der Waals surface area contributed by atoms with E-state index in [4.69, 9.17) is 9.84 Å². The van der Waals surface area contributed by atoms with E-state index in [1.807, 2.05) is 6.92 Å². The van der Waals surface area contributed by atoms with Crippen LogP contribution in [0.5, 0.6) is 0 Å². The molecule has 0 aromatic rings. The van der Waals surface area contributed by atoms with Crippen molar-refractivity contribution in [1.82, 2.24) is 0 Å². The number of hydrogen-bond donors (Lipinski definition) is 1. The van der Waals surface area contributed by atoms with Gasteiger partial charge in [0.15, 0.2) is 0 Å². The van der Waals surface area contributed by atoms with Crippen LogP contribution in [0.2, 0.25) is 0 Å². The lowest BCUT2D eigenvalue weighted by Gasteiger charge is -2.57. The van der Waals surface area contributed by atoms with Crippen LogP contribution in [-0.4, -0.2) is 23.3 Å². The van der Waals surface area contributed by atoms with Crippen molar-refractivity contribution in [2.24, 2.45) is 17.3 Å². The fraction of sp³-hybridized carbons (Fsp3) is 0.800. The number of esters is 1. The minimum absolute atomic E-state index is 0.0486. The van der Waals surface area contributed by atoms with Crippen molar-refractivity contribution < 1.29 is 14.6 Å². The molecule has 1 saturated carbocycles. The highest BCUT2D eigenvalue weighted by Crippen LogP contribution is 2.65. The Kier molecular flexibility index (Phi) is 3.30. The summed E-state index contributed by atoms with van der Waals surface area (Å²) in [5.41, 5.74) is 0.864. The predicted molar refractivity (Wildman–Crippen MR) is 70.0 cm³/mol. The van der Waals surface area contributed by atoms with E-state index in [2.05, 4.69) is 20.4 Å². The van der Waals surface area contributed by atoms with Gasteiger partial charge in [0.2, 0.25) is 0 Å². The molecule has 0 radical (unpaired) electrons. The number of carbonyl (C=O) groups is 1. The zero-order valence-electron chi connectivity index (χ0n) is 11.7. The molecule has 102 valence electrons. The van der Waals surface area contributed by atoms with Crippen molar-refractivity contribution in [2.45, 2.75) is 52.1 Å². The maximum Gasteiger partial charge on any atom is 0.310 e. The van der Waals surface area contributed by atoms with Gasteiger partial charge < -0.3 is 9.84 Å². The van der Waals surface area contributed by atoms with E-state index in [-0.39, 0.29) is 35.4 Å². The van der Waals surface area contributed by atoms with Crippen molar-refractivity contribution in [2.75, 3.05) is 6.61 Å². The van der Waals surface area contributed by atoms with Crippen molar-refractivity contribution in [1.29, 1.82) is 0 Å². The molecule has 0 amide bonds. The van der Waals surface area contributed by atoms with Crippen LogP contribution in [0.25, 0.3) is 0 Å². The second kappa shape index (κ2) is 4.37. The summed E-state index contributed by atoms with van der Waals surface area (Å²) in [6.07, 6.45) is 3.32. The highest BCUT2D eigenvalue weighted by molar-refractivity contribution is 5.77. The molecule has 3 atom stereocenters. The van der Waals surface area contributed by atoms with Gasteiger partial charge in [-0.1, -0.05) is 19.4 Å². The fourth-order valence-corrected chi connectivity index (χ4v) is 3.79. The van der Waals surface area contributed by atoms with Crippen LogP contribution in [0, 0.1) is 17.3 Å². The fourth-order valence-electron chi connectivity index (χ4n) is 3.79. The third-order valence-corrected chi connectivity index (χ3v) is 4.91. The van der Waals surface area contributed by atoms with E-state index in [0.717, 1.165) is 24.8 Å². The lowest BCUT2D eigenvalue weighted by molar-refractivity contribution is -0.197. The zero-order chi connectivity index (χ0) is 13.6. The number of rotatable bonds is 5. The molecule has 3 heteroatoms. The Morgan fingerprint density at radius 3 is 2.72 bits per heavy atom. The standard InChI is InChI=1S/C15H24O3/c1-10(2)5-7-15-12(9-14(15,3)4)11(6-8-16)13(17)18-15/h11-12,16H,1,5-9H2,2-4H3/t11-,12-,15+/m1/s1. The summed E-state index contributed by atoms with van der Waals surface area (Å²) in [5, 5.41) is 9.08. The number of aliphatic hydroxyl groups excluding tert-OH is 1. The predicted octanol–water partition coefficient (Wildman–Crippen LogP) is 2.68. The highest BCUT2D eigenvalue weighted by atomic mass is 16.6. The van der Waals surface area contributed by atoms with Crippen LogP contribution < -0.4 is 0 Å². The second-order valence-electron chi connectivity index (χ2n) is 6.58. The lowest BCUT2D eigenvalue weighted by Crippen LogP contribution is -2.60. The van der Waals surface area contributed by atoms with Gasteiger partial charge in [0.05, 0.1) is 5.92 Å². The molecule has 2 aliphatic rings. The van der Waals surface area contributed by atoms with E-state index >= 15 is 0 Å². The number of aliphatic hydroxyl groups is 1. The Balaban J connectivity index is 2.19. The monoisotopic (exact) mass is 252 g/mol. The first kappa shape index (κ1) is 13.6. The summed E-state index contributed by atoms with van der Waals surface area (Å²) < 4.78 is 5.79. The molecule has 18 heavy (non-hydrogen) atoms. The summed E-state index contributed by atoms with van der Waals surface area (Å²) in [4.78, 5) is 12.0. The number of hydrogen-bond acceptors (Lipinski definition) is 3. The molecule has 2 rings (SSSR count). The van der Waals surface area contributed by atoms with Crippen LogP contribution in [0.3, 0.4) is 0 Å². The number of ether oxygens (including phenoxy) is 1. The van der Waals surface area contributed by atoms with Gasteiger partial charge in [-0.15, -0.1) is 6.58 Å². The van der Waals surface area contributed by atoms with Gasteiger partial charge in [0, 0.05) is 17.9 Å². The van der Waals surface area contributed by atoms with Crippen LogP contribution in [0.15, 0.2) is 12.2 Å². The van der Waals surface area contributed by atoms with Gasteiger partial charge >= 0.3 is 5.97 Å². The average molecular weight is 252 g/mol. The second-order valence-corrected chi connectivity index (χ2v) is 6.58. The molecule has 1 aliphatic carbocycles. The molecule has 1 N–H and O–H groups in total. The van der Waals surface area contributed by atoms with Gasteiger partial charge in [-0.25, -0.2) is 0 Å². The molecule has 1 heterocycles. The van der Waals surface area contributed by atoms with E-state index in [0.29, 0.717) is 6.42 Å². The Morgan fingerprint density at radius 2 is 2.22 bits per heavy atom. The third kappa shape index (κ3) is 1.80. The molecule has 3 nitrogen and oxygen atoms in total. The Morgan fingerprint density at radius 1 is 1.56 bits per heavy atom. The molecule has 0 aromatic carbocycles. The summed E-state index contributed by atoms with van der Waals surface area (Å²) in [5.74, 6) is 0.0704. The molecule has 0 aromatic heterocycles. The van der Waals surface area contributed by atoms with Gasteiger partial charge in [-0.3, -0.25) is 4.79 Å². The first-order valence-corrected chi connectivity index (χ1v) is 6.82. The minimum Gasteiger partial charge on any atom is -0.458 e. The van der Waals surface area contributed by atoms with Crippen molar-refractivity contribution in [3.05, 3.63) is 12.2 Å². The first-order chi connectivity index (χ1) is 8.34. The van der Waals surface area contributed by atoms with E-state index in [9.17, 15) is 4.79 Å². The molecular weight excluding hydrogens is 228 g/mol. The van der Waals surface area contributed by atoms with Crippen molar-refractivity contribution in [3.63, 3.8) is 0 Å². The molecular formula is C15H24O3. The molecule has 2 fully saturated rings. The topological polar surface area (TPSA) is 46.5 Å². The molecule has 1 saturated heterocycles. The van der Waals surface area contributed by atoms with E-state index < -0.39 is 0 Å². The lowest BCUT2D eigenvalue weighted by atomic mass is 9.48. The third-order valence-electron chi connectivity index (χ3n) is 4.91. The Labute approximate surface area is 109 Å². The Bertz CT molecular complexity index is 372. The molecule has 0 spiro atoms. The van der Waals surface area contributed by atoms with E-state index in [1.165, 1.54) is 0 Å². The van der Waals surface area contributed by atoms with Crippen LogP contribution >= 0.6 is 0 Å². The maximum absolute atomic E-state index is 12.0. The first-order valence-electron chi connectivity index (χ1n) is 6.82. The minimum atomic E-state index is -0.317. The summed E-state index contributed by atoms with van der Waals surface area (Å²) in [6.45, 7) is 10.4. The largest absolute Gasteiger partial charge is 0.458 e. The molecule has 0 unspecified atom stereocenters. The zero-order valence-corrected chi connectivity index (χ0v) is 11.7. The number of allylic oxidation sites excluding steroid dienone is 1. The molecule has 1 aliphatic heterocycles. The average Bonchev–Trinajstić information content (AvgIpc) is 2.49. The smallest absolute Gasteiger partial charge is 0.310 e. The summed E-state index contributed by atoms with van der Waals surface area (Å²) in [7, 11) is 0.